The first-order valence-electron chi connectivity index (χ1n) is 11.7. The van der Waals surface area contributed by atoms with Crippen molar-refractivity contribution in [3.05, 3.63) is 57.7 Å². The maximum absolute atomic E-state index is 13.4. The summed E-state index contributed by atoms with van der Waals surface area (Å²) in [4.78, 5) is 18.2. The molecule has 3 rings (SSSR count). The Hall–Kier alpha value is -2.36. The summed E-state index contributed by atoms with van der Waals surface area (Å²) in [6, 6.07) is 5.03. The zero-order valence-electron chi connectivity index (χ0n) is 21.2. The molecule has 198 valence electrons. The quantitative estimate of drug-likeness (QED) is 0.465. The van der Waals surface area contributed by atoms with Gasteiger partial charge in [0.2, 0.25) is 5.88 Å². The number of carbonyl (C=O) groups is 1. The Morgan fingerprint density at radius 1 is 1.22 bits per heavy atom. The number of likely N-dealkylation sites (tertiary alicyclic amines) is 1. The number of aryl methyl sites for hydroxylation is 1. The highest BCUT2D eigenvalue weighted by molar-refractivity contribution is 6.30. The lowest BCUT2D eigenvalue weighted by molar-refractivity contribution is -0.146. The first-order chi connectivity index (χ1) is 16.7. The average Bonchev–Trinajstić information content (AvgIpc) is 3.13. The van der Waals surface area contributed by atoms with E-state index in [-0.39, 0.29) is 18.1 Å². The summed E-state index contributed by atoms with van der Waals surface area (Å²) in [5.74, 6) is -1.44. The Morgan fingerprint density at radius 2 is 1.89 bits per heavy atom. The first-order valence-corrected chi connectivity index (χ1v) is 12.0. The van der Waals surface area contributed by atoms with E-state index in [9.17, 15) is 23.1 Å². The molecule has 0 bridgehead atoms. The van der Waals surface area contributed by atoms with E-state index < -0.39 is 47.2 Å². The van der Waals surface area contributed by atoms with Crippen LogP contribution >= 0.6 is 11.6 Å². The summed E-state index contributed by atoms with van der Waals surface area (Å²) in [5, 5.41) is 10.8. The highest BCUT2D eigenvalue weighted by atomic mass is 35.5. The second kappa shape index (κ2) is 10.6. The molecule has 2 heterocycles. The number of halogens is 4. The van der Waals surface area contributed by atoms with E-state index in [1.54, 1.807) is 12.1 Å². The van der Waals surface area contributed by atoms with Crippen LogP contribution in [0.3, 0.4) is 0 Å². The number of hydrogen-bond donors (Lipinski definition) is 1. The maximum atomic E-state index is 13.4. The fourth-order valence-corrected chi connectivity index (χ4v) is 5.39. The van der Waals surface area contributed by atoms with Gasteiger partial charge in [0, 0.05) is 22.7 Å². The number of carboxylic acid groups (broad SMARTS) is 1. The van der Waals surface area contributed by atoms with Crippen molar-refractivity contribution < 1.29 is 32.5 Å². The van der Waals surface area contributed by atoms with Crippen molar-refractivity contribution in [1.29, 1.82) is 0 Å². The number of benzene rings is 1. The number of aromatic nitrogens is 1. The van der Waals surface area contributed by atoms with Crippen LogP contribution in [0.2, 0.25) is 5.02 Å². The fraction of sp³-hybridized carbons (Fsp3) is 0.538. The first kappa shape index (κ1) is 28.2. The van der Waals surface area contributed by atoms with Crippen LogP contribution in [0.4, 0.5) is 13.2 Å². The summed E-state index contributed by atoms with van der Waals surface area (Å²) in [5.41, 5.74) is 0.443. The molecule has 0 saturated carbocycles. The predicted octanol–water partition coefficient (Wildman–Crippen LogP) is 6.15. The van der Waals surface area contributed by atoms with Gasteiger partial charge >= 0.3 is 12.1 Å². The van der Waals surface area contributed by atoms with Gasteiger partial charge in [-0.15, -0.1) is 0 Å². The number of nitrogens with zero attached hydrogens (tertiary/aromatic N) is 2. The van der Waals surface area contributed by atoms with Gasteiger partial charge in [-0.05, 0) is 48.2 Å². The van der Waals surface area contributed by atoms with Gasteiger partial charge in [-0.2, -0.15) is 13.2 Å². The molecule has 0 radical (unpaired) electrons. The zero-order valence-corrected chi connectivity index (χ0v) is 21.9. The normalized spacial score (nSPS) is 23.2. The van der Waals surface area contributed by atoms with Crippen LogP contribution in [0.25, 0.3) is 0 Å². The topological polar surface area (TPSA) is 71.9 Å². The van der Waals surface area contributed by atoms with E-state index in [2.05, 4.69) is 4.98 Å². The molecule has 1 aliphatic rings. The van der Waals surface area contributed by atoms with Gasteiger partial charge in [0.15, 0.2) is 0 Å². The summed E-state index contributed by atoms with van der Waals surface area (Å²) in [6.07, 6.45) is -4.53. The van der Waals surface area contributed by atoms with Crippen LogP contribution in [0.5, 0.6) is 5.88 Å². The molecule has 0 aliphatic carbocycles. The van der Waals surface area contributed by atoms with Crippen LogP contribution in [0.1, 0.15) is 56.0 Å². The molecule has 10 heteroatoms. The largest absolute Gasteiger partial charge is 0.481 e. The molecule has 0 unspecified atom stereocenters. The molecule has 4 atom stereocenters. The van der Waals surface area contributed by atoms with Gasteiger partial charge in [-0.3, -0.25) is 9.69 Å². The van der Waals surface area contributed by atoms with E-state index in [1.807, 2.05) is 45.6 Å². The maximum Gasteiger partial charge on any atom is 0.417 e. The van der Waals surface area contributed by atoms with Gasteiger partial charge in [-0.1, -0.05) is 45.4 Å². The summed E-state index contributed by atoms with van der Waals surface area (Å²) in [7, 11) is 1.32. The SMILES string of the molecule is CCN1[C@H](C(=O)O)[C@@H](C(C)(C)C)[C@H](OCc2cc(C(F)(F)F)cnc2OC)[C@@H]1c1cc(Cl)ccc1C. The highest BCUT2D eigenvalue weighted by Crippen LogP contribution is 2.50. The number of alkyl halides is 3. The molecule has 2 aromatic rings. The Kier molecular flexibility index (Phi) is 8.27. The lowest BCUT2D eigenvalue weighted by Crippen LogP contribution is -2.44. The monoisotopic (exact) mass is 528 g/mol. The lowest BCUT2D eigenvalue weighted by Gasteiger charge is -2.35. The minimum absolute atomic E-state index is 0.0194. The van der Waals surface area contributed by atoms with E-state index in [1.165, 1.54) is 7.11 Å². The fourth-order valence-electron chi connectivity index (χ4n) is 5.21. The molecule has 0 amide bonds. The van der Waals surface area contributed by atoms with Crippen LogP contribution in [0, 0.1) is 18.3 Å². The Bertz CT molecular complexity index is 1100. The van der Waals surface area contributed by atoms with Crippen LogP contribution in [0.15, 0.2) is 30.5 Å². The Balaban J connectivity index is 2.13. The van der Waals surface area contributed by atoms with Gasteiger partial charge in [-0.25, -0.2) is 4.98 Å². The van der Waals surface area contributed by atoms with Crippen LogP contribution in [-0.2, 0) is 22.3 Å². The summed E-state index contributed by atoms with van der Waals surface area (Å²) in [6.45, 7) is 9.80. The van der Waals surface area contributed by atoms with Crippen molar-refractivity contribution in [2.24, 2.45) is 11.3 Å². The third-order valence-corrected chi connectivity index (χ3v) is 7.01. The number of hydrogen-bond acceptors (Lipinski definition) is 5. The average molecular weight is 529 g/mol. The molecule has 1 saturated heterocycles. The number of pyridine rings is 1. The summed E-state index contributed by atoms with van der Waals surface area (Å²) < 4.78 is 51.6. The van der Waals surface area contributed by atoms with Gasteiger partial charge in [0.1, 0.15) is 6.04 Å². The molecule has 1 aliphatic heterocycles. The molecule has 36 heavy (non-hydrogen) atoms. The van der Waals surface area contributed by atoms with E-state index in [0.29, 0.717) is 17.8 Å². The highest BCUT2D eigenvalue weighted by Gasteiger charge is 2.56. The van der Waals surface area contributed by atoms with Gasteiger partial charge in [0.05, 0.1) is 31.4 Å². The van der Waals surface area contributed by atoms with E-state index in [4.69, 9.17) is 21.1 Å². The van der Waals surface area contributed by atoms with Crippen molar-refractivity contribution in [2.75, 3.05) is 13.7 Å². The third-order valence-electron chi connectivity index (χ3n) is 6.78. The molecule has 1 fully saturated rings. The van der Waals surface area contributed by atoms with Crippen LogP contribution in [-0.4, -0.2) is 46.8 Å². The standard InChI is InChI=1S/C26H32ClF3N2O4/c1-7-32-20(18-11-17(27)9-8-14(18)2)22(19(25(3,4)5)21(32)24(33)34)36-13-15-10-16(26(28,29)30)12-31-23(15)35-6/h8-12,19-22H,7,13H2,1-6H3,(H,33,34)/t19-,20+,21+,22+/m1/s1. The van der Waals surface area contributed by atoms with E-state index >= 15 is 0 Å². The number of aliphatic carboxylic acids is 1. The molecule has 1 N–H and O–H groups in total. The smallest absolute Gasteiger partial charge is 0.417 e. The number of ether oxygens (including phenoxy) is 2. The number of rotatable bonds is 7. The van der Waals surface area contributed by atoms with Gasteiger partial charge in [0.25, 0.3) is 0 Å². The second-order valence-corrected chi connectivity index (χ2v) is 10.6. The number of likely N-dealkylation sites (N-methyl/N-ethyl adjacent to an activating group) is 1. The minimum Gasteiger partial charge on any atom is -0.481 e. The lowest BCUT2D eigenvalue weighted by atomic mass is 9.73. The number of methoxy groups -OCH3 is 1. The molecular weight excluding hydrogens is 497 g/mol. The number of carboxylic acids is 1. The third kappa shape index (κ3) is 5.63. The minimum atomic E-state index is -4.58. The Morgan fingerprint density at radius 3 is 2.42 bits per heavy atom. The predicted molar refractivity (Wildman–Crippen MR) is 130 cm³/mol. The zero-order chi connectivity index (χ0) is 27.0. The van der Waals surface area contributed by atoms with E-state index in [0.717, 1.165) is 17.2 Å². The molecule has 0 spiro atoms. The second-order valence-electron chi connectivity index (χ2n) is 10.1. The molecule has 1 aromatic carbocycles. The van der Waals surface area contributed by atoms with Crippen molar-refractivity contribution in [2.45, 2.75) is 65.6 Å². The van der Waals surface area contributed by atoms with Crippen molar-refractivity contribution >= 4 is 17.6 Å². The van der Waals surface area contributed by atoms with Crippen LogP contribution < -0.4 is 4.74 Å². The van der Waals surface area contributed by atoms with Crippen molar-refractivity contribution in [1.82, 2.24) is 9.88 Å². The molecule has 1 aromatic heterocycles. The van der Waals surface area contributed by atoms with Gasteiger partial charge < -0.3 is 14.6 Å². The van der Waals surface area contributed by atoms with Crippen molar-refractivity contribution in [3.8, 4) is 5.88 Å². The molecule has 6 nitrogen and oxygen atoms in total. The Labute approximate surface area is 214 Å². The summed E-state index contributed by atoms with van der Waals surface area (Å²) >= 11 is 6.32. The van der Waals surface area contributed by atoms with Crippen molar-refractivity contribution in [3.63, 3.8) is 0 Å². The molecular formula is C26H32ClF3N2O4.